The van der Waals surface area contributed by atoms with Crippen LogP contribution in [0.4, 0.5) is 0 Å². The van der Waals surface area contributed by atoms with Crippen molar-refractivity contribution in [3.05, 3.63) is 23.8 Å². The lowest BCUT2D eigenvalue weighted by atomic mass is 9.80. The minimum Gasteiger partial charge on any atom is -0.493 e. The minimum atomic E-state index is 0.273. The SMILES string of the molecule is CCC(CC)(CC)CN=C(N)NCCc1ccc(OC)c(OC)c1. The van der Waals surface area contributed by atoms with Crippen LogP contribution in [0.1, 0.15) is 45.6 Å². The van der Waals surface area contributed by atoms with Crippen molar-refractivity contribution >= 4 is 5.96 Å². The van der Waals surface area contributed by atoms with Crippen molar-refractivity contribution in [2.45, 2.75) is 46.5 Å². The molecule has 0 saturated heterocycles. The monoisotopic (exact) mass is 335 g/mol. The summed E-state index contributed by atoms with van der Waals surface area (Å²) in [6, 6.07) is 5.94. The number of ether oxygens (including phenoxy) is 2. The van der Waals surface area contributed by atoms with Crippen LogP contribution < -0.4 is 20.5 Å². The molecule has 0 fully saturated rings. The van der Waals surface area contributed by atoms with Gasteiger partial charge in [-0.15, -0.1) is 0 Å². The summed E-state index contributed by atoms with van der Waals surface area (Å²) in [6.45, 7) is 8.20. The zero-order valence-electron chi connectivity index (χ0n) is 15.8. The second-order valence-corrected chi connectivity index (χ2v) is 6.13. The lowest BCUT2D eigenvalue weighted by molar-refractivity contribution is 0.263. The van der Waals surface area contributed by atoms with Gasteiger partial charge in [0, 0.05) is 13.1 Å². The van der Waals surface area contributed by atoms with Crippen molar-refractivity contribution in [1.29, 1.82) is 0 Å². The van der Waals surface area contributed by atoms with E-state index in [2.05, 4.69) is 31.1 Å². The molecule has 1 rings (SSSR count). The Bertz CT molecular complexity index is 517. The van der Waals surface area contributed by atoms with E-state index in [0.717, 1.165) is 55.8 Å². The van der Waals surface area contributed by atoms with Crippen molar-refractivity contribution in [3.63, 3.8) is 0 Å². The highest BCUT2D eigenvalue weighted by molar-refractivity contribution is 5.77. The first-order valence-electron chi connectivity index (χ1n) is 8.78. The van der Waals surface area contributed by atoms with E-state index in [0.29, 0.717) is 5.96 Å². The van der Waals surface area contributed by atoms with Gasteiger partial charge in [0.1, 0.15) is 0 Å². The number of benzene rings is 1. The van der Waals surface area contributed by atoms with E-state index in [9.17, 15) is 0 Å². The van der Waals surface area contributed by atoms with Gasteiger partial charge in [-0.2, -0.15) is 0 Å². The topological polar surface area (TPSA) is 68.9 Å². The molecule has 0 bridgehead atoms. The summed E-state index contributed by atoms with van der Waals surface area (Å²) in [5, 5.41) is 3.20. The summed E-state index contributed by atoms with van der Waals surface area (Å²) in [4.78, 5) is 4.54. The maximum atomic E-state index is 6.01. The molecule has 3 N–H and O–H groups in total. The summed E-state index contributed by atoms with van der Waals surface area (Å²) in [7, 11) is 3.28. The lowest BCUT2D eigenvalue weighted by Crippen LogP contribution is -2.35. The zero-order chi connectivity index (χ0) is 18.0. The molecule has 0 heterocycles. The maximum absolute atomic E-state index is 6.01. The zero-order valence-corrected chi connectivity index (χ0v) is 15.8. The molecule has 1 aromatic rings. The van der Waals surface area contributed by atoms with Crippen LogP contribution in [0.2, 0.25) is 0 Å². The highest BCUT2D eigenvalue weighted by atomic mass is 16.5. The summed E-state index contributed by atoms with van der Waals surface area (Å²) in [6.07, 6.45) is 4.23. The molecular formula is C19H33N3O2. The van der Waals surface area contributed by atoms with Gasteiger partial charge in [-0.05, 0) is 48.8 Å². The Balaban J connectivity index is 2.53. The number of nitrogens with one attached hydrogen (secondary N) is 1. The molecule has 24 heavy (non-hydrogen) atoms. The average Bonchev–Trinajstić information content (AvgIpc) is 2.63. The molecular weight excluding hydrogens is 302 g/mol. The first kappa shape index (κ1) is 20.1. The third-order valence-electron chi connectivity index (χ3n) is 5.00. The molecule has 1 aromatic carbocycles. The van der Waals surface area contributed by atoms with Crippen molar-refractivity contribution in [1.82, 2.24) is 5.32 Å². The molecule has 0 spiro atoms. The molecule has 5 heteroatoms. The Morgan fingerprint density at radius 1 is 1.08 bits per heavy atom. The number of nitrogens with zero attached hydrogens (tertiary/aromatic N) is 1. The standard InChI is InChI=1S/C19H33N3O2/c1-6-19(7-2,8-3)14-22-18(20)21-12-11-15-9-10-16(23-4)17(13-15)24-5/h9-10,13H,6-8,11-12,14H2,1-5H3,(H3,20,21,22). The first-order valence-corrected chi connectivity index (χ1v) is 8.78. The second kappa shape index (κ2) is 10.1. The lowest BCUT2D eigenvalue weighted by Gasteiger charge is -2.28. The molecule has 0 aliphatic heterocycles. The van der Waals surface area contributed by atoms with Gasteiger partial charge in [0.15, 0.2) is 17.5 Å². The Kier molecular flexibility index (Phi) is 8.44. The molecule has 5 nitrogen and oxygen atoms in total. The van der Waals surface area contributed by atoms with Crippen LogP contribution in [0.25, 0.3) is 0 Å². The molecule has 0 atom stereocenters. The van der Waals surface area contributed by atoms with Crippen LogP contribution in [0.3, 0.4) is 0 Å². The molecule has 0 saturated carbocycles. The fourth-order valence-electron chi connectivity index (χ4n) is 2.77. The molecule has 0 unspecified atom stereocenters. The number of guanidine groups is 1. The van der Waals surface area contributed by atoms with E-state index in [4.69, 9.17) is 15.2 Å². The van der Waals surface area contributed by atoms with Gasteiger partial charge in [-0.1, -0.05) is 26.8 Å². The number of rotatable bonds is 10. The van der Waals surface area contributed by atoms with E-state index in [1.54, 1.807) is 14.2 Å². The van der Waals surface area contributed by atoms with Crippen molar-refractivity contribution in [2.75, 3.05) is 27.3 Å². The summed E-state index contributed by atoms with van der Waals surface area (Å²) in [5.41, 5.74) is 7.44. The van der Waals surface area contributed by atoms with Crippen LogP contribution in [0, 0.1) is 5.41 Å². The Morgan fingerprint density at radius 2 is 1.71 bits per heavy atom. The van der Waals surface area contributed by atoms with Crippen LogP contribution in [-0.4, -0.2) is 33.3 Å². The van der Waals surface area contributed by atoms with Gasteiger partial charge in [0.05, 0.1) is 14.2 Å². The predicted octanol–water partition coefficient (Wildman–Crippen LogP) is 3.37. The second-order valence-electron chi connectivity index (χ2n) is 6.13. The molecule has 0 radical (unpaired) electrons. The van der Waals surface area contributed by atoms with Crippen molar-refractivity contribution in [3.8, 4) is 11.5 Å². The van der Waals surface area contributed by atoms with Gasteiger partial charge >= 0.3 is 0 Å². The van der Waals surface area contributed by atoms with Crippen molar-refractivity contribution in [2.24, 2.45) is 16.1 Å². The molecule has 0 aromatic heterocycles. The summed E-state index contributed by atoms with van der Waals surface area (Å²) in [5.74, 6) is 2.01. The molecule has 0 amide bonds. The van der Waals surface area contributed by atoms with Gasteiger partial charge in [-0.3, -0.25) is 4.99 Å². The summed E-state index contributed by atoms with van der Waals surface area (Å²) < 4.78 is 10.6. The molecule has 0 aliphatic carbocycles. The normalized spacial score (nSPS) is 12.1. The van der Waals surface area contributed by atoms with Crippen LogP contribution in [0.5, 0.6) is 11.5 Å². The third-order valence-corrected chi connectivity index (χ3v) is 5.00. The fraction of sp³-hybridized carbons (Fsp3) is 0.632. The third kappa shape index (κ3) is 5.62. The highest BCUT2D eigenvalue weighted by Crippen LogP contribution is 2.30. The Labute approximate surface area is 146 Å². The van der Waals surface area contributed by atoms with Gasteiger partial charge in [0.25, 0.3) is 0 Å². The molecule has 0 aliphatic rings. The average molecular weight is 335 g/mol. The fourth-order valence-corrected chi connectivity index (χ4v) is 2.77. The van der Waals surface area contributed by atoms with E-state index < -0.39 is 0 Å². The maximum Gasteiger partial charge on any atom is 0.188 e. The van der Waals surface area contributed by atoms with Crippen LogP contribution in [0.15, 0.2) is 23.2 Å². The Morgan fingerprint density at radius 3 is 2.25 bits per heavy atom. The quantitative estimate of drug-likeness (QED) is 0.508. The number of hydrogen-bond acceptors (Lipinski definition) is 3. The smallest absolute Gasteiger partial charge is 0.188 e. The largest absolute Gasteiger partial charge is 0.493 e. The van der Waals surface area contributed by atoms with Crippen molar-refractivity contribution < 1.29 is 9.47 Å². The summed E-state index contributed by atoms with van der Waals surface area (Å²) >= 11 is 0. The van der Waals surface area contributed by atoms with Crippen LogP contribution in [-0.2, 0) is 6.42 Å². The minimum absolute atomic E-state index is 0.273. The molecule has 136 valence electrons. The van der Waals surface area contributed by atoms with Gasteiger partial charge < -0.3 is 20.5 Å². The predicted molar refractivity (Wildman–Crippen MR) is 101 cm³/mol. The van der Waals surface area contributed by atoms with E-state index >= 15 is 0 Å². The number of methoxy groups -OCH3 is 2. The van der Waals surface area contributed by atoms with E-state index in [1.165, 1.54) is 0 Å². The van der Waals surface area contributed by atoms with E-state index in [1.807, 2.05) is 18.2 Å². The highest BCUT2D eigenvalue weighted by Gasteiger charge is 2.23. The Hall–Kier alpha value is -1.91. The number of hydrogen-bond donors (Lipinski definition) is 2. The van der Waals surface area contributed by atoms with Crippen LogP contribution >= 0.6 is 0 Å². The van der Waals surface area contributed by atoms with Gasteiger partial charge in [0.2, 0.25) is 0 Å². The van der Waals surface area contributed by atoms with E-state index in [-0.39, 0.29) is 5.41 Å². The number of nitrogens with two attached hydrogens (primary N) is 1. The first-order chi connectivity index (χ1) is 11.5. The van der Waals surface area contributed by atoms with Gasteiger partial charge in [-0.25, -0.2) is 0 Å². The number of aliphatic imine (C=N–C) groups is 1.